The molecule has 0 heterocycles. The topological polar surface area (TPSA) is 9.23 Å². The van der Waals surface area contributed by atoms with Crippen molar-refractivity contribution in [1.29, 1.82) is 0 Å². The molecule has 0 aromatic heterocycles. The minimum Gasteiger partial charge on any atom is -0.317 e. The summed E-state index contributed by atoms with van der Waals surface area (Å²) in [7, 11) is 0. The van der Waals surface area contributed by atoms with Gasteiger partial charge in [0.2, 0.25) is 0 Å². The van der Waals surface area contributed by atoms with Gasteiger partial charge < -0.3 is 4.18 Å². The lowest BCUT2D eigenvalue weighted by atomic mass is 10.5. The molecule has 1 nitrogen and oxygen atoms in total. The summed E-state index contributed by atoms with van der Waals surface area (Å²) in [6.45, 7) is 2.65. The van der Waals surface area contributed by atoms with Crippen LogP contribution < -0.4 is 0 Å². The Labute approximate surface area is 51.8 Å². The predicted molar refractivity (Wildman–Crippen MR) is 33.3 cm³/mol. The Morgan fingerprint density at radius 1 is 2.00 bits per heavy atom. The van der Waals surface area contributed by atoms with Crippen LogP contribution in [0, 0.1) is 0 Å². The van der Waals surface area contributed by atoms with Crippen molar-refractivity contribution in [3.05, 3.63) is 0 Å². The zero-order valence-corrected chi connectivity index (χ0v) is 6.00. The van der Waals surface area contributed by atoms with Gasteiger partial charge in [-0.3, -0.25) is 0 Å². The fourth-order valence-electron chi connectivity index (χ4n) is 0.103. The van der Waals surface area contributed by atoms with Crippen molar-refractivity contribution in [1.82, 2.24) is 0 Å². The Morgan fingerprint density at radius 2 is 2.50 bits per heavy atom. The molecule has 0 aliphatic rings. The molecule has 0 saturated heterocycles. The number of halogens is 1. The number of thiol groups is 1. The van der Waals surface area contributed by atoms with E-state index in [1.165, 1.54) is 0 Å². The highest BCUT2D eigenvalue weighted by Crippen LogP contribution is 1.97. The van der Waals surface area contributed by atoms with E-state index in [-0.39, 0.29) is 0 Å². The third-order valence-corrected chi connectivity index (χ3v) is 0.718. The van der Waals surface area contributed by atoms with Crippen molar-refractivity contribution >= 4 is 28.8 Å². The average molecular weight is 171 g/mol. The molecule has 0 radical (unpaired) electrons. The average Bonchev–Trinajstić information content (AvgIpc) is 1.35. The minimum absolute atomic E-state index is 0.412. The molecule has 0 aliphatic carbocycles. The first-order valence-electron chi connectivity index (χ1n) is 1.68. The number of alkyl halides is 1. The number of hydrogen-bond acceptors (Lipinski definition) is 2. The molecular weight excluding hydrogens is 164 g/mol. The van der Waals surface area contributed by atoms with Gasteiger partial charge in [-0.2, -0.15) is 0 Å². The highest BCUT2D eigenvalue weighted by atomic mass is 79.9. The highest BCUT2D eigenvalue weighted by Gasteiger charge is 1.89. The maximum atomic E-state index is 4.45. The first-order chi connectivity index (χ1) is 2.77. The Hall–Kier alpha value is 0.790. The van der Waals surface area contributed by atoms with E-state index in [0.717, 1.165) is 0 Å². The zero-order chi connectivity index (χ0) is 4.99. The van der Waals surface area contributed by atoms with E-state index in [1.807, 2.05) is 6.92 Å². The second kappa shape index (κ2) is 3.96. The van der Waals surface area contributed by atoms with Crippen LogP contribution in [0.1, 0.15) is 6.92 Å². The molecule has 1 atom stereocenters. The molecule has 0 spiro atoms. The molecule has 1 unspecified atom stereocenters. The van der Waals surface area contributed by atoms with Gasteiger partial charge in [-0.25, -0.2) is 0 Å². The van der Waals surface area contributed by atoms with Crippen LogP contribution in [0.2, 0.25) is 0 Å². The second-order valence-corrected chi connectivity index (χ2v) is 2.90. The third-order valence-electron chi connectivity index (χ3n) is 0.304. The Kier molecular flexibility index (Phi) is 4.48. The SMILES string of the molecule is CC(Br)COS. The second-order valence-electron chi connectivity index (χ2n) is 1.08. The Bertz CT molecular complexity index is 32.0. The summed E-state index contributed by atoms with van der Waals surface area (Å²) >= 11 is 6.79. The Balaban J connectivity index is 2.63. The smallest absolute Gasteiger partial charge is 0.0733 e. The summed E-state index contributed by atoms with van der Waals surface area (Å²) in [5, 5.41) is 0. The summed E-state index contributed by atoms with van der Waals surface area (Å²) in [5.74, 6) is 0. The van der Waals surface area contributed by atoms with Crippen molar-refractivity contribution in [2.24, 2.45) is 0 Å². The van der Waals surface area contributed by atoms with Crippen molar-refractivity contribution < 1.29 is 4.18 Å². The molecule has 3 heteroatoms. The van der Waals surface area contributed by atoms with Crippen LogP contribution in [-0.2, 0) is 4.18 Å². The van der Waals surface area contributed by atoms with Gasteiger partial charge in [-0.05, 0) is 12.9 Å². The lowest BCUT2D eigenvalue weighted by Gasteiger charge is -1.94. The fourth-order valence-corrected chi connectivity index (χ4v) is 0.663. The van der Waals surface area contributed by atoms with Crippen LogP contribution in [0.5, 0.6) is 0 Å². The number of hydrogen-bond donors (Lipinski definition) is 1. The van der Waals surface area contributed by atoms with Crippen LogP contribution in [0.3, 0.4) is 0 Å². The van der Waals surface area contributed by atoms with Crippen LogP contribution in [0.25, 0.3) is 0 Å². The molecule has 0 N–H and O–H groups in total. The van der Waals surface area contributed by atoms with Crippen molar-refractivity contribution in [2.75, 3.05) is 6.61 Å². The molecule has 0 aliphatic heterocycles. The third kappa shape index (κ3) is 4.79. The molecule has 0 fully saturated rings. The number of rotatable bonds is 2. The van der Waals surface area contributed by atoms with E-state index >= 15 is 0 Å². The lowest BCUT2D eigenvalue weighted by Crippen LogP contribution is -1.96. The normalized spacial score (nSPS) is 14.5. The van der Waals surface area contributed by atoms with E-state index in [9.17, 15) is 0 Å². The van der Waals surface area contributed by atoms with Gasteiger partial charge in [-0.15, -0.1) is 0 Å². The van der Waals surface area contributed by atoms with Gasteiger partial charge >= 0.3 is 0 Å². The standard InChI is InChI=1S/C3H7BrOS/c1-3(4)2-5-6/h3,6H,2H2,1H3. The van der Waals surface area contributed by atoms with E-state index in [1.54, 1.807) is 0 Å². The zero-order valence-electron chi connectivity index (χ0n) is 3.52. The fraction of sp³-hybridized carbons (Fsp3) is 1.00. The van der Waals surface area contributed by atoms with Crippen LogP contribution in [0.4, 0.5) is 0 Å². The molecule has 6 heavy (non-hydrogen) atoms. The first-order valence-corrected chi connectivity index (χ1v) is 2.96. The summed E-state index contributed by atoms with van der Waals surface area (Å²) < 4.78 is 4.45. The molecule has 0 saturated carbocycles. The molecule has 0 bridgehead atoms. The van der Waals surface area contributed by atoms with Crippen LogP contribution >= 0.6 is 28.8 Å². The summed E-state index contributed by atoms with van der Waals surface area (Å²) in [6.07, 6.45) is 0. The summed E-state index contributed by atoms with van der Waals surface area (Å²) in [6, 6.07) is 0. The molecular formula is C3H7BrOS. The molecule has 0 rings (SSSR count). The van der Waals surface area contributed by atoms with Crippen molar-refractivity contribution in [3.63, 3.8) is 0 Å². The summed E-state index contributed by atoms with van der Waals surface area (Å²) in [4.78, 5) is 0.412. The van der Waals surface area contributed by atoms with Gasteiger partial charge in [0, 0.05) is 4.83 Å². The van der Waals surface area contributed by atoms with E-state index < -0.39 is 0 Å². The van der Waals surface area contributed by atoms with Crippen LogP contribution in [0.15, 0.2) is 0 Å². The van der Waals surface area contributed by atoms with Gasteiger partial charge in [0.25, 0.3) is 0 Å². The van der Waals surface area contributed by atoms with Crippen molar-refractivity contribution in [2.45, 2.75) is 11.8 Å². The highest BCUT2D eigenvalue weighted by molar-refractivity contribution is 9.09. The van der Waals surface area contributed by atoms with Crippen molar-refractivity contribution in [3.8, 4) is 0 Å². The van der Waals surface area contributed by atoms with Crippen LogP contribution in [-0.4, -0.2) is 11.4 Å². The molecule has 0 amide bonds. The first kappa shape index (κ1) is 6.79. The maximum absolute atomic E-state index is 4.45. The maximum Gasteiger partial charge on any atom is 0.0733 e. The molecule has 38 valence electrons. The minimum atomic E-state index is 0.412. The van der Waals surface area contributed by atoms with Gasteiger partial charge in [0.05, 0.1) is 6.61 Å². The monoisotopic (exact) mass is 170 g/mol. The lowest BCUT2D eigenvalue weighted by molar-refractivity contribution is 0.389. The van der Waals surface area contributed by atoms with Gasteiger partial charge in [0.1, 0.15) is 0 Å². The van der Waals surface area contributed by atoms with Gasteiger partial charge in [0.15, 0.2) is 0 Å². The van der Waals surface area contributed by atoms with Gasteiger partial charge in [-0.1, -0.05) is 22.9 Å². The largest absolute Gasteiger partial charge is 0.317 e. The quantitative estimate of drug-likeness (QED) is 0.377. The predicted octanol–water partition coefficient (Wildman–Crippen LogP) is 1.63. The van der Waals surface area contributed by atoms with E-state index in [0.29, 0.717) is 11.4 Å². The van der Waals surface area contributed by atoms with E-state index in [2.05, 4.69) is 33.0 Å². The summed E-state index contributed by atoms with van der Waals surface area (Å²) in [5.41, 5.74) is 0. The van der Waals surface area contributed by atoms with E-state index in [4.69, 9.17) is 0 Å². The molecule has 0 aromatic rings. The Morgan fingerprint density at radius 3 is 2.50 bits per heavy atom. The molecule has 0 aromatic carbocycles.